The Labute approximate surface area is 328 Å². The second-order valence-corrected chi connectivity index (χ2v) is 17.3. The molecule has 2 aliphatic carbocycles. The summed E-state index contributed by atoms with van der Waals surface area (Å²) < 4.78 is 4.89. The van der Waals surface area contributed by atoms with E-state index in [1.165, 1.54) is 30.4 Å². The number of allylic oxidation sites excluding steroid dienone is 2. The van der Waals surface area contributed by atoms with Crippen LogP contribution in [0.25, 0.3) is 22.3 Å². The van der Waals surface area contributed by atoms with E-state index in [1.54, 1.807) is 17.5 Å². The molecular weight excluding hydrogens is 707 g/mol. The SMILES string of the molecule is COC(=O)C[C@H](C(=O)N1CCC[C@H]1C1=NC=C(c2ccc(-c3ccc(C4=CN=C([C@@H]5[C@H]6CC[C@H](C6)[C@H]5C(=O)N[C@H](C)c5nccs5)C4)cc3)cc2)C1)C(C)C. The summed E-state index contributed by atoms with van der Waals surface area (Å²) in [5.74, 6) is 0.649. The van der Waals surface area contributed by atoms with E-state index in [9.17, 15) is 14.4 Å². The van der Waals surface area contributed by atoms with Gasteiger partial charge in [0.25, 0.3) is 0 Å². The van der Waals surface area contributed by atoms with Gasteiger partial charge in [-0.15, -0.1) is 11.3 Å². The van der Waals surface area contributed by atoms with Crippen LogP contribution in [0.1, 0.15) is 94.3 Å². The number of hydrogen-bond donors (Lipinski definition) is 1. The van der Waals surface area contributed by atoms with Crippen molar-refractivity contribution >= 4 is 51.7 Å². The summed E-state index contributed by atoms with van der Waals surface area (Å²) >= 11 is 1.58. The van der Waals surface area contributed by atoms with Crippen LogP contribution < -0.4 is 5.32 Å². The molecule has 2 amide bonds. The Balaban J connectivity index is 0.868. The molecule has 3 aromatic rings. The molecule has 2 aromatic carbocycles. The number of nitrogens with zero attached hydrogens (tertiary/aromatic N) is 4. The number of carbonyl (C=O) groups is 3. The Hall–Kier alpha value is -4.70. The van der Waals surface area contributed by atoms with Crippen LogP contribution in [0, 0.1) is 35.5 Å². The number of methoxy groups -OCH3 is 1. The van der Waals surface area contributed by atoms with Crippen LogP contribution in [-0.4, -0.2) is 58.8 Å². The zero-order chi connectivity index (χ0) is 38.2. The quantitative estimate of drug-likeness (QED) is 0.186. The zero-order valence-corrected chi connectivity index (χ0v) is 33.1. The molecule has 3 fully saturated rings. The Bertz CT molecular complexity index is 2050. The molecule has 1 aromatic heterocycles. The average molecular weight is 758 g/mol. The van der Waals surface area contributed by atoms with Gasteiger partial charge in [-0.3, -0.25) is 24.4 Å². The molecule has 55 heavy (non-hydrogen) atoms. The Morgan fingerprint density at radius 3 is 2.09 bits per heavy atom. The largest absolute Gasteiger partial charge is 0.469 e. The van der Waals surface area contributed by atoms with Crippen molar-refractivity contribution in [3.8, 4) is 11.1 Å². The van der Waals surface area contributed by atoms with Gasteiger partial charge in [0.15, 0.2) is 0 Å². The maximum atomic E-state index is 13.7. The van der Waals surface area contributed by atoms with Gasteiger partial charge in [0.1, 0.15) is 5.01 Å². The number of benzene rings is 2. The fraction of sp³-hybridized carbons (Fsp3) is 0.467. The second kappa shape index (κ2) is 15.8. The minimum Gasteiger partial charge on any atom is -0.469 e. The molecule has 0 unspecified atom stereocenters. The second-order valence-electron chi connectivity index (χ2n) is 16.4. The number of fused-ring (bicyclic) bond motifs is 2. The number of aromatic nitrogens is 1. The molecule has 9 nitrogen and oxygen atoms in total. The number of amides is 2. The summed E-state index contributed by atoms with van der Waals surface area (Å²) in [4.78, 5) is 55.5. The standard InChI is InChI=1S/C45H51N5O4S/c1-26(2)36(23-40(51)54-4)45(53)50-18-5-6-39(50)37-21-34(24-47-37)30-11-7-28(8-12-30)29-9-13-31(14-10-29)35-22-38(48-25-35)41-32-15-16-33(20-32)42(41)43(52)49-27(3)44-46-17-19-55-44/h7-14,17,19,24-27,32-33,36,39,41-42H,5-6,15-16,18,20-23H2,1-4H3,(H,49,52)/t27-,32+,33-,36+,39+,41+,42-/m1/s1. The molecule has 0 radical (unpaired) electrons. The number of esters is 1. The topological polar surface area (TPSA) is 113 Å². The van der Waals surface area contributed by atoms with Crippen LogP contribution in [0.2, 0.25) is 0 Å². The summed E-state index contributed by atoms with van der Waals surface area (Å²) in [6.45, 7) is 6.70. The molecule has 5 aliphatic rings. The molecule has 7 atom stereocenters. The molecule has 2 saturated carbocycles. The summed E-state index contributed by atoms with van der Waals surface area (Å²) in [5.41, 5.74) is 9.16. The summed E-state index contributed by atoms with van der Waals surface area (Å²) in [6.07, 6.45) is 12.7. The van der Waals surface area contributed by atoms with Crippen molar-refractivity contribution in [3.05, 3.63) is 88.6 Å². The van der Waals surface area contributed by atoms with E-state index in [1.807, 2.05) is 43.5 Å². The molecule has 0 spiro atoms. The minimum atomic E-state index is -0.395. The zero-order valence-electron chi connectivity index (χ0n) is 32.2. The van der Waals surface area contributed by atoms with Crippen LogP contribution in [0.4, 0.5) is 0 Å². The third-order valence-electron chi connectivity index (χ3n) is 12.8. The summed E-state index contributed by atoms with van der Waals surface area (Å²) in [5, 5.41) is 6.18. The number of hydrogen-bond acceptors (Lipinski definition) is 8. The van der Waals surface area contributed by atoms with Gasteiger partial charge in [-0.05, 0) is 90.2 Å². The molecule has 286 valence electrons. The number of ether oxygens (including phenoxy) is 1. The van der Waals surface area contributed by atoms with E-state index < -0.39 is 5.92 Å². The van der Waals surface area contributed by atoms with Gasteiger partial charge >= 0.3 is 5.97 Å². The van der Waals surface area contributed by atoms with Crippen molar-refractivity contribution in [2.45, 2.75) is 84.2 Å². The lowest BCUT2D eigenvalue weighted by Gasteiger charge is -2.31. The molecule has 8 rings (SSSR count). The minimum absolute atomic E-state index is 0.0143. The number of carbonyl (C=O) groups excluding carboxylic acids is 3. The Morgan fingerprint density at radius 2 is 1.47 bits per heavy atom. The average Bonchev–Trinajstić information content (AvgIpc) is 4.06. The highest BCUT2D eigenvalue weighted by Crippen LogP contribution is 2.54. The highest BCUT2D eigenvalue weighted by Gasteiger charge is 2.53. The molecule has 1 N–H and O–H groups in total. The third-order valence-corrected chi connectivity index (χ3v) is 13.8. The van der Waals surface area contributed by atoms with Gasteiger partial charge in [-0.25, -0.2) is 4.98 Å². The first kappa shape index (κ1) is 37.2. The van der Waals surface area contributed by atoms with Gasteiger partial charge < -0.3 is 15.0 Å². The van der Waals surface area contributed by atoms with Crippen molar-refractivity contribution in [1.29, 1.82) is 0 Å². The molecule has 2 bridgehead atoms. The summed E-state index contributed by atoms with van der Waals surface area (Å²) in [6, 6.07) is 17.3. The number of likely N-dealkylation sites (tertiary alicyclic amines) is 1. The van der Waals surface area contributed by atoms with Crippen LogP contribution in [0.3, 0.4) is 0 Å². The Morgan fingerprint density at radius 1 is 0.855 bits per heavy atom. The predicted molar refractivity (Wildman–Crippen MR) is 218 cm³/mol. The van der Waals surface area contributed by atoms with E-state index in [2.05, 4.69) is 58.8 Å². The lowest BCUT2D eigenvalue weighted by Crippen LogP contribution is -2.45. The molecule has 1 saturated heterocycles. The van der Waals surface area contributed by atoms with Crippen molar-refractivity contribution in [3.63, 3.8) is 0 Å². The van der Waals surface area contributed by atoms with Gasteiger partial charge in [0, 0.05) is 66.6 Å². The van der Waals surface area contributed by atoms with Gasteiger partial charge in [-0.1, -0.05) is 62.4 Å². The monoisotopic (exact) mass is 757 g/mol. The predicted octanol–water partition coefficient (Wildman–Crippen LogP) is 8.55. The van der Waals surface area contributed by atoms with Gasteiger partial charge in [0.2, 0.25) is 11.8 Å². The first-order valence-corrected chi connectivity index (χ1v) is 20.9. The maximum absolute atomic E-state index is 13.7. The van der Waals surface area contributed by atoms with Crippen LogP contribution in [0.5, 0.6) is 0 Å². The number of rotatable bonds is 12. The number of thiazole rings is 1. The highest BCUT2D eigenvalue weighted by atomic mass is 32.1. The normalized spacial score (nSPS) is 25.4. The van der Waals surface area contributed by atoms with E-state index in [0.717, 1.165) is 65.1 Å². The highest BCUT2D eigenvalue weighted by molar-refractivity contribution is 7.09. The first-order chi connectivity index (χ1) is 26.7. The number of aliphatic imine (C=N–C) groups is 2. The van der Waals surface area contributed by atoms with E-state index in [-0.39, 0.29) is 54.0 Å². The maximum Gasteiger partial charge on any atom is 0.306 e. The molecule has 10 heteroatoms. The van der Waals surface area contributed by atoms with Crippen LogP contribution in [0.15, 0.2) is 82.5 Å². The molecule has 4 heterocycles. The van der Waals surface area contributed by atoms with E-state index >= 15 is 0 Å². The van der Waals surface area contributed by atoms with Crippen LogP contribution >= 0.6 is 11.3 Å². The summed E-state index contributed by atoms with van der Waals surface area (Å²) in [7, 11) is 1.37. The van der Waals surface area contributed by atoms with E-state index in [4.69, 9.17) is 14.7 Å². The lowest BCUT2D eigenvalue weighted by atomic mass is 9.75. The number of nitrogens with one attached hydrogen (secondary N) is 1. The van der Waals surface area contributed by atoms with Crippen molar-refractivity contribution < 1.29 is 19.1 Å². The Kier molecular flexibility index (Phi) is 10.7. The van der Waals surface area contributed by atoms with Crippen molar-refractivity contribution in [2.24, 2.45) is 45.5 Å². The molecule has 3 aliphatic heterocycles. The van der Waals surface area contributed by atoms with Crippen LogP contribution in [-0.2, 0) is 19.1 Å². The van der Waals surface area contributed by atoms with Crippen molar-refractivity contribution in [1.82, 2.24) is 15.2 Å². The smallest absolute Gasteiger partial charge is 0.306 e. The van der Waals surface area contributed by atoms with Gasteiger partial charge in [-0.2, -0.15) is 0 Å². The molecular formula is C45H51N5O4S. The van der Waals surface area contributed by atoms with E-state index in [0.29, 0.717) is 24.8 Å². The van der Waals surface area contributed by atoms with Crippen molar-refractivity contribution in [2.75, 3.05) is 13.7 Å². The fourth-order valence-corrected chi connectivity index (χ4v) is 10.5. The fourth-order valence-electron chi connectivity index (χ4n) is 9.84. The lowest BCUT2D eigenvalue weighted by molar-refractivity contribution is -0.148. The first-order valence-electron chi connectivity index (χ1n) is 20.0. The third kappa shape index (κ3) is 7.50. The van der Waals surface area contributed by atoms with Gasteiger partial charge in [0.05, 0.1) is 31.5 Å².